The van der Waals surface area contributed by atoms with Crippen molar-refractivity contribution in [3.8, 4) is 11.3 Å². The number of amides is 1. The molecule has 0 saturated heterocycles. The minimum atomic E-state index is -0.458. The molecule has 0 unspecified atom stereocenters. The molecule has 7 nitrogen and oxygen atoms in total. The summed E-state index contributed by atoms with van der Waals surface area (Å²) in [4.78, 5) is 22.0. The first-order chi connectivity index (χ1) is 11.1. The van der Waals surface area contributed by atoms with Gasteiger partial charge in [0.15, 0.2) is 5.76 Å². The number of benzene rings is 1. The van der Waals surface area contributed by atoms with E-state index in [2.05, 4.69) is 10.5 Å². The second-order valence-electron chi connectivity index (χ2n) is 4.99. The Morgan fingerprint density at radius 1 is 1.35 bits per heavy atom. The molecule has 0 atom stereocenters. The fraction of sp³-hybridized carbons (Fsp3) is 0.125. The van der Waals surface area contributed by atoms with Crippen LogP contribution in [-0.2, 0) is 11.3 Å². The number of hydrogen-bond donors (Lipinski definition) is 1. The van der Waals surface area contributed by atoms with E-state index < -0.39 is 4.92 Å². The van der Waals surface area contributed by atoms with Crippen molar-refractivity contribution in [3.05, 3.63) is 70.0 Å². The molecule has 0 aliphatic heterocycles. The number of hydrogen-bond acceptors (Lipinski definition) is 5. The van der Waals surface area contributed by atoms with E-state index in [0.717, 1.165) is 0 Å². The summed E-state index contributed by atoms with van der Waals surface area (Å²) in [6, 6.07) is 7.72. The normalized spacial score (nSPS) is 13.0. The van der Waals surface area contributed by atoms with Crippen molar-refractivity contribution in [2.24, 2.45) is 0 Å². The van der Waals surface area contributed by atoms with Gasteiger partial charge in [-0.2, -0.15) is 0 Å². The van der Waals surface area contributed by atoms with E-state index in [1.54, 1.807) is 24.3 Å². The topological polar surface area (TPSA) is 98.3 Å². The van der Waals surface area contributed by atoms with Crippen molar-refractivity contribution in [1.29, 1.82) is 0 Å². The number of nitro groups is 1. The Kier molecular flexibility index (Phi) is 4.01. The molecule has 0 radical (unpaired) electrons. The largest absolute Gasteiger partial charge is 0.359 e. The Morgan fingerprint density at radius 2 is 2.13 bits per heavy atom. The van der Waals surface area contributed by atoms with Crippen molar-refractivity contribution < 1.29 is 14.2 Å². The Hall–Kier alpha value is -3.22. The van der Waals surface area contributed by atoms with Gasteiger partial charge in [-0.15, -0.1) is 0 Å². The first-order valence-electron chi connectivity index (χ1n) is 6.98. The van der Waals surface area contributed by atoms with E-state index in [1.165, 1.54) is 12.1 Å². The standard InChI is InChI=1S/C16H13N3O4/c20-16(12-3-1-2-4-12)17-10-14-9-15(18-23-14)11-5-7-13(8-6-11)19(21)22/h1-3,5-9H,4,10H2,(H,17,20). The van der Waals surface area contributed by atoms with Gasteiger partial charge in [0.25, 0.3) is 5.69 Å². The Labute approximate surface area is 131 Å². The van der Waals surface area contributed by atoms with Crippen LogP contribution >= 0.6 is 0 Å². The van der Waals surface area contributed by atoms with Gasteiger partial charge >= 0.3 is 0 Å². The molecule has 0 bridgehead atoms. The number of carbonyl (C=O) groups is 1. The summed E-state index contributed by atoms with van der Waals surface area (Å²) in [7, 11) is 0. The second-order valence-corrected chi connectivity index (χ2v) is 4.99. The maximum atomic E-state index is 11.9. The van der Waals surface area contributed by atoms with E-state index in [1.807, 2.05) is 12.2 Å². The van der Waals surface area contributed by atoms with Gasteiger partial charge in [0.1, 0.15) is 5.69 Å². The van der Waals surface area contributed by atoms with Crippen LogP contribution in [0, 0.1) is 10.1 Å². The zero-order valence-electron chi connectivity index (χ0n) is 12.1. The average Bonchev–Trinajstić information content (AvgIpc) is 3.24. The lowest BCUT2D eigenvalue weighted by Gasteiger charge is -2.02. The van der Waals surface area contributed by atoms with Crippen molar-refractivity contribution in [1.82, 2.24) is 10.5 Å². The van der Waals surface area contributed by atoms with E-state index in [4.69, 9.17) is 4.52 Å². The lowest BCUT2D eigenvalue weighted by molar-refractivity contribution is -0.384. The first-order valence-corrected chi connectivity index (χ1v) is 6.98. The highest BCUT2D eigenvalue weighted by Crippen LogP contribution is 2.22. The molecule has 0 fully saturated rings. The summed E-state index contributed by atoms with van der Waals surface area (Å²) in [5.41, 5.74) is 1.99. The van der Waals surface area contributed by atoms with Gasteiger partial charge in [-0.1, -0.05) is 23.4 Å². The number of carbonyl (C=O) groups excluding carboxylic acids is 1. The summed E-state index contributed by atoms with van der Waals surface area (Å²) < 4.78 is 5.18. The van der Waals surface area contributed by atoms with Gasteiger partial charge in [-0.3, -0.25) is 14.9 Å². The highest BCUT2D eigenvalue weighted by Gasteiger charge is 2.12. The Bertz CT molecular complexity index is 803. The number of non-ortho nitro benzene ring substituents is 1. The van der Waals surface area contributed by atoms with E-state index in [0.29, 0.717) is 29.0 Å². The van der Waals surface area contributed by atoms with Crippen LogP contribution in [0.4, 0.5) is 5.69 Å². The highest BCUT2D eigenvalue weighted by atomic mass is 16.6. The second kappa shape index (κ2) is 6.27. The molecular weight excluding hydrogens is 298 g/mol. The molecule has 23 heavy (non-hydrogen) atoms. The average molecular weight is 311 g/mol. The quantitative estimate of drug-likeness (QED) is 0.676. The van der Waals surface area contributed by atoms with Crippen molar-refractivity contribution in [2.45, 2.75) is 13.0 Å². The fourth-order valence-corrected chi connectivity index (χ4v) is 2.18. The van der Waals surface area contributed by atoms with Gasteiger partial charge < -0.3 is 9.84 Å². The van der Waals surface area contributed by atoms with E-state index >= 15 is 0 Å². The molecule has 2 aromatic rings. The van der Waals surface area contributed by atoms with Gasteiger partial charge in [-0.05, 0) is 18.6 Å². The maximum Gasteiger partial charge on any atom is 0.269 e. The third-order valence-corrected chi connectivity index (χ3v) is 3.42. The number of nitrogens with zero attached hydrogens (tertiary/aromatic N) is 2. The molecule has 1 aliphatic rings. The monoisotopic (exact) mass is 311 g/mol. The zero-order valence-corrected chi connectivity index (χ0v) is 12.1. The number of nitrogens with one attached hydrogen (secondary N) is 1. The minimum absolute atomic E-state index is 0.0168. The van der Waals surface area contributed by atoms with Crippen LogP contribution in [0.5, 0.6) is 0 Å². The molecule has 1 aromatic heterocycles. The smallest absolute Gasteiger partial charge is 0.269 e. The molecule has 1 aromatic carbocycles. The lowest BCUT2D eigenvalue weighted by atomic mass is 10.1. The fourth-order valence-electron chi connectivity index (χ4n) is 2.18. The Morgan fingerprint density at radius 3 is 2.78 bits per heavy atom. The predicted molar refractivity (Wildman–Crippen MR) is 82.3 cm³/mol. The van der Waals surface area contributed by atoms with Crippen LogP contribution in [0.2, 0.25) is 0 Å². The summed E-state index contributed by atoms with van der Waals surface area (Å²) in [5, 5.41) is 17.3. The van der Waals surface area contributed by atoms with Crippen molar-refractivity contribution in [3.63, 3.8) is 0 Å². The van der Waals surface area contributed by atoms with Crippen molar-refractivity contribution >= 4 is 11.6 Å². The number of allylic oxidation sites excluding steroid dienone is 3. The van der Waals surface area contributed by atoms with Crippen LogP contribution in [0.15, 0.2) is 58.7 Å². The molecule has 1 heterocycles. The van der Waals surface area contributed by atoms with Crippen LogP contribution in [0.25, 0.3) is 11.3 Å². The van der Waals surface area contributed by atoms with Crippen LogP contribution < -0.4 is 5.32 Å². The molecule has 1 N–H and O–H groups in total. The summed E-state index contributed by atoms with van der Waals surface area (Å²) in [5.74, 6) is 0.376. The summed E-state index contributed by atoms with van der Waals surface area (Å²) >= 11 is 0. The highest BCUT2D eigenvalue weighted by molar-refractivity contribution is 5.94. The zero-order chi connectivity index (χ0) is 16.2. The van der Waals surface area contributed by atoms with E-state index in [-0.39, 0.29) is 18.1 Å². The third-order valence-electron chi connectivity index (χ3n) is 3.42. The van der Waals surface area contributed by atoms with E-state index in [9.17, 15) is 14.9 Å². The SMILES string of the molecule is O=C(NCc1cc(-c2ccc([N+](=O)[O-])cc2)no1)C1=CC=CC1. The summed E-state index contributed by atoms with van der Waals surface area (Å²) in [6.45, 7) is 0.232. The number of aromatic nitrogens is 1. The van der Waals surface area contributed by atoms with Crippen LogP contribution in [0.3, 0.4) is 0 Å². The molecular formula is C16H13N3O4. The number of rotatable bonds is 5. The summed E-state index contributed by atoms with van der Waals surface area (Å²) in [6.07, 6.45) is 6.17. The predicted octanol–water partition coefficient (Wildman–Crippen LogP) is 2.75. The van der Waals surface area contributed by atoms with Crippen molar-refractivity contribution in [2.75, 3.05) is 0 Å². The maximum absolute atomic E-state index is 11.9. The molecule has 116 valence electrons. The number of nitro benzene ring substituents is 1. The lowest BCUT2D eigenvalue weighted by Crippen LogP contribution is -2.23. The van der Waals surface area contributed by atoms with Gasteiger partial charge in [-0.25, -0.2) is 0 Å². The molecule has 0 saturated carbocycles. The first kappa shape index (κ1) is 14.7. The van der Waals surface area contributed by atoms with Crippen LogP contribution in [-0.4, -0.2) is 16.0 Å². The third kappa shape index (κ3) is 3.34. The molecule has 3 rings (SSSR count). The molecule has 0 spiro atoms. The molecule has 1 amide bonds. The van der Waals surface area contributed by atoms with Crippen LogP contribution in [0.1, 0.15) is 12.2 Å². The Balaban J connectivity index is 1.63. The molecule has 1 aliphatic carbocycles. The van der Waals surface area contributed by atoms with Gasteiger partial charge in [0, 0.05) is 29.3 Å². The van der Waals surface area contributed by atoms with Gasteiger partial charge in [0.05, 0.1) is 11.5 Å². The van der Waals surface area contributed by atoms with Gasteiger partial charge in [0.2, 0.25) is 5.91 Å². The molecule has 7 heteroatoms. The minimum Gasteiger partial charge on any atom is -0.359 e.